The Bertz CT molecular complexity index is 1880. The van der Waals surface area contributed by atoms with E-state index in [-0.39, 0.29) is 88.2 Å². The summed E-state index contributed by atoms with van der Waals surface area (Å²) in [7, 11) is 0. The minimum atomic E-state index is -0.962. The molecule has 16 nitrogen and oxygen atoms in total. The molecule has 0 unspecified atom stereocenters. The third-order valence-corrected chi connectivity index (χ3v) is 12.8. The summed E-state index contributed by atoms with van der Waals surface area (Å²) in [5.41, 5.74) is 0.0127. The molecule has 0 radical (unpaired) electrons. The highest BCUT2D eigenvalue weighted by Crippen LogP contribution is 2.68. The van der Waals surface area contributed by atoms with Crippen LogP contribution in [-0.2, 0) is 28.7 Å². The van der Waals surface area contributed by atoms with Gasteiger partial charge in [-0.3, -0.25) is 9.59 Å². The van der Waals surface area contributed by atoms with Crippen LogP contribution in [-0.4, -0.2) is 85.4 Å². The predicted octanol–water partition coefficient (Wildman–Crippen LogP) is 6.15. The van der Waals surface area contributed by atoms with Gasteiger partial charge in [-0.15, -0.1) is 0 Å². The van der Waals surface area contributed by atoms with Crippen molar-refractivity contribution < 1.29 is 47.7 Å². The third-order valence-electron chi connectivity index (χ3n) is 7.58. The van der Waals surface area contributed by atoms with Gasteiger partial charge < -0.3 is 29.6 Å². The Morgan fingerprint density at radius 3 is 1.45 bits per heavy atom. The number of hydrogen-bond acceptors (Lipinski definition) is 16. The molecule has 0 aliphatic carbocycles. The van der Waals surface area contributed by atoms with Crippen molar-refractivity contribution in [3.8, 4) is 23.6 Å². The summed E-state index contributed by atoms with van der Waals surface area (Å²) >= 11 is 3.81. The smallest absolute Gasteiger partial charge is 0.412 e. The van der Waals surface area contributed by atoms with Crippen molar-refractivity contribution in [2.75, 3.05) is 39.4 Å². The summed E-state index contributed by atoms with van der Waals surface area (Å²) in [6.45, 7) is 13.9. The highest BCUT2D eigenvalue weighted by Gasteiger charge is 2.46. The lowest BCUT2D eigenvalue weighted by Gasteiger charge is -2.27. The first-order chi connectivity index (χ1) is 26.8. The molecule has 1 saturated heterocycles. The molecular weight excluding hydrogens is 805 g/mol. The molecule has 296 valence electrons. The number of fused-ring (bicyclic) bond motifs is 2. The fourth-order valence-corrected chi connectivity index (χ4v) is 10.1. The number of nitriles is 2. The Balaban J connectivity index is 1.79. The first kappa shape index (κ1) is 43.7. The average molecular weight is 843 g/mol. The van der Waals surface area contributed by atoms with Gasteiger partial charge in [0.2, 0.25) is 0 Å². The van der Waals surface area contributed by atoms with Crippen LogP contribution >= 0.6 is 47.0 Å². The van der Waals surface area contributed by atoms with Crippen molar-refractivity contribution in [2.45, 2.75) is 73.0 Å². The molecule has 0 atom stereocenters. The van der Waals surface area contributed by atoms with Crippen LogP contribution in [0.25, 0.3) is 0 Å². The molecule has 0 aromatic heterocycles. The van der Waals surface area contributed by atoms with Gasteiger partial charge in [0.05, 0.1) is 41.1 Å². The number of hydrazine groups is 1. The van der Waals surface area contributed by atoms with Gasteiger partial charge >= 0.3 is 24.1 Å². The van der Waals surface area contributed by atoms with Crippen LogP contribution in [0.4, 0.5) is 9.59 Å². The van der Waals surface area contributed by atoms with Crippen LogP contribution in [0.3, 0.4) is 0 Å². The fraction of sp³-hybridized carbons (Fsp3) is 0.389. The van der Waals surface area contributed by atoms with Crippen LogP contribution in [0, 0.1) is 22.7 Å². The number of allylic oxidation sites excluding steroid dienone is 1. The lowest BCUT2D eigenvalue weighted by molar-refractivity contribution is -0.147. The topological polar surface area (TPSA) is 217 Å². The zero-order valence-electron chi connectivity index (χ0n) is 31.0. The molecule has 2 N–H and O–H groups in total. The number of ether oxygens (including phenoxy) is 4. The molecule has 4 amide bonds. The van der Waals surface area contributed by atoms with Crippen LogP contribution < -0.4 is 20.1 Å². The van der Waals surface area contributed by atoms with E-state index in [0.717, 1.165) is 59.9 Å². The molecule has 4 rings (SSSR count). The molecule has 1 aromatic carbocycles. The van der Waals surface area contributed by atoms with E-state index in [9.17, 15) is 39.3 Å². The Labute approximate surface area is 340 Å². The number of carbonyl (C=O) groups excluding carboxylic acids is 6. The lowest BCUT2D eigenvalue weighted by atomic mass is 10.3. The largest absolute Gasteiger partial charge is 0.460 e. The highest BCUT2D eigenvalue weighted by molar-refractivity contribution is 8.26. The van der Waals surface area contributed by atoms with Crippen LogP contribution in [0.5, 0.6) is 11.5 Å². The number of hydrogen-bond donors (Lipinski definition) is 2. The van der Waals surface area contributed by atoms with Crippen LogP contribution in [0.15, 0.2) is 63.5 Å². The molecule has 0 bridgehead atoms. The monoisotopic (exact) mass is 842 g/mol. The Morgan fingerprint density at radius 1 is 0.696 bits per heavy atom. The van der Waals surface area contributed by atoms with Crippen molar-refractivity contribution >= 4 is 83.0 Å². The van der Waals surface area contributed by atoms with Gasteiger partial charge in [-0.1, -0.05) is 86.9 Å². The summed E-state index contributed by atoms with van der Waals surface area (Å²) in [5, 5.41) is 27.3. The minimum absolute atomic E-state index is 0.0506. The number of nitrogens with one attached hydrogen (secondary N) is 2. The van der Waals surface area contributed by atoms with E-state index in [2.05, 4.69) is 23.8 Å². The van der Waals surface area contributed by atoms with Crippen LogP contribution in [0.1, 0.15) is 53.4 Å². The van der Waals surface area contributed by atoms with Gasteiger partial charge in [-0.2, -0.15) is 10.5 Å². The fourth-order valence-electron chi connectivity index (χ4n) is 4.81. The number of carbonyl (C=O) groups is 6. The second kappa shape index (κ2) is 20.2. The molecule has 0 spiro atoms. The molecule has 1 aromatic rings. The quantitative estimate of drug-likeness (QED) is 0.0627. The maximum Gasteiger partial charge on any atom is 0.412 e. The molecule has 3 heterocycles. The molecule has 0 saturated carbocycles. The standard InChI is InChI=1S/C36H38N6O10S4/c1-7-9-13-41-29(43)22(30(44)42(41)14-10-8-2)34-55-27-23(51-35(47)39-11-15-49-31(45)19(3)4)25-26(54-33(53-25)21(17-37)18-38)24(28(27)56-34)52-36(48)40-12-16-50-32(46)20(5)6/h3,5,7-16H2,1-2,4,6H3,(H,39,47)(H,40,48). The number of thioether (sulfide) groups is 4. The first-order valence-electron chi connectivity index (χ1n) is 17.2. The molecule has 56 heavy (non-hydrogen) atoms. The van der Waals surface area contributed by atoms with E-state index in [4.69, 9.17) is 18.9 Å². The summed E-state index contributed by atoms with van der Waals surface area (Å²) < 4.78 is 22.3. The van der Waals surface area contributed by atoms with Crippen LogP contribution in [0.2, 0.25) is 0 Å². The van der Waals surface area contributed by atoms with Crippen molar-refractivity contribution in [1.82, 2.24) is 20.7 Å². The second-order valence-electron chi connectivity index (χ2n) is 12.0. The van der Waals surface area contributed by atoms with Crippen molar-refractivity contribution in [1.29, 1.82) is 10.5 Å². The third kappa shape index (κ3) is 10.2. The SMILES string of the molecule is C=C(C)C(=O)OCCNC(=O)Oc1c2c(c(OC(=O)NCCOC(=O)C(=C)C)c3c1SC(=C1C(=O)N(CCCC)N(CCCC)C1=O)S3)SC(=C(C#N)C#N)S2. The molecule has 3 aliphatic rings. The molecule has 20 heteroatoms. The van der Waals surface area contributed by atoms with Gasteiger partial charge in [0.15, 0.2) is 11.5 Å². The zero-order valence-corrected chi connectivity index (χ0v) is 34.3. The lowest BCUT2D eigenvalue weighted by Crippen LogP contribution is -2.42. The maximum absolute atomic E-state index is 13.9. The highest BCUT2D eigenvalue weighted by atomic mass is 32.2. The van der Waals surface area contributed by atoms with Gasteiger partial charge in [0, 0.05) is 24.2 Å². The predicted molar refractivity (Wildman–Crippen MR) is 208 cm³/mol. The molecule has 3 aliphatic heterocycles. The van der Waals surface area contributed by atoms with E-state index in [1.807, 2.05) is 26.0 Å². The molecular formula is C36H38N6O10S4. The first-order valence-corrected chi connectivity index (χ1v) is 20.5. The Kier molecular flexibility index (Phi) is 15.8. The van der Waals surface area contributed by atoms with E-state index in [0.29, 0.717) is 25.9 Å². The number of esters is 2. The number of benzene rings is 1. The minimum Gasteiger partial charge on any atom is -0.460 e. The van der Waals surface area contributed by atoms with Gasteiger partial charge in [-0.05, 0) is 26.7 Å². The summed E-state index contributed by atoms with van der Waals surface area (Å²) in [5.74, 6) is -2.38. The Morgan fingerprint density at radius 2 is 1.09 bits per heavy atom. The van der Waals surface area contributed by atoms with Gasteiger partial charge in [0.25, 0.3) is 11.8 Å². The number of amides is 4. The number of nitrogens with zero attached hydrogens (tertiary/aromatic N) is 4. The summed E-state index contributed by atoms with van der Waals surface area (Å²) in [4.78, 5) is 78.8. The second-order valence-corrected chi connectivity index (χ2v) is 16.6. The van der Waals surface area contributed by atoms with Gasteiger partial charge in [-0.25, -0.2) is 29.2 Å². The van der Waals surface area contributed by atoms with E-state index < -0.39 is 35.9 Å². The van der Waals surface area contributed by atoms with Gasteiger partial charge in [0.1, 0.15) is 36.5 Å². The molecule has 1 fully saturated rings. The summed E-state index contributed by atoms with van der Waals surface area (Å²) in [6.07, 6.45) is 0.973. The van der Waals surface area contributed by atoms with E-state index >= 15 is 0 Å². The number of rotatable bonds is 16. The van der Waals surface area contributed by atoms with Crippen molar-refractivity contribution in [3.05, 3.63) is 43.9 Å². The van der Waals surface area contributed by atoms with Crippen molar-refractivity contribution in [3.63, 3.8) is 0 Å². The average Bonchev–Trinajstić information content (AvgIpc) is 3.86. The van der Waals surface area contributed by atoms with E-state index in [1.165, 1.54) is 23.9 Å². The van der Waals surface area contributed by atoms with Crippen molar-refractivity contribution in [2.24, 2.45) is 0 Å². The summed E-state index contributed by atoms with van der Waals surface area (Å²) in [6, 6.07) is 3.68. The normalized spacial score (nSPS) is 14.1. The zero-order chi connectivity index (χ0) is 41.1. The maximum atomic E-state index is 13.9. The number of unbranched alkanes of at least 4 members (excludes halogenated alkanes) is 2. The van der Waals surface area contributed by atoms with E-state index in [1.54, 1.807) is 0 Å². The Hall–Kier alpha value is -5.02.